The Morgan fingerprint density at radius 2 is 1.58 bits per heavy atom. The summed E-state index contributed by atoms with van der Waals surface area (Å²) in [5.74, 6) is -5.00. The van der Waals surface area contributed by atoms with Crippen LogP contribution in [0.1, 0.15) is 34.3 Å². The van der Waals surface area contributed by atoms with E-state index in [4.69, 9.17) is 15.2 Å². The van der Waals surface area contributed by atoms with E-state index < -0.39 is 40.9 Å². The van der Waals surface area contributed by atoms with Gasteiger partial charge in [-0.1, -0.05) is 48.5 Å². The zero-order valence-electron chi connectivity index (χ0n) is 16.6. The molecule has 0 unspecified atom stereocenters. The van der Waals surface area contributed by atoms with Crippen molar-refractivity contribution in [2.45, 2.75) is 18.9 Å². The van der Waals surface area contributed by atoms with Crippen LogP contribution in [0.2, 0.25) is 0 Å². The van der Waals surface area contributed by atoms with Crippen LogP contribution >= 0.6 is 0 Å². The van der Waals surface area contributed by atoms with E-state index in [1.54, 1.807) is 0 Å². The Labute approximate surface area is 177 Å². The van der Waals surface area contributed by atoms with Crippen molar-refractivity contribution in [3.63, 3.8) is 0 Å². The summed E-state index contributed by atoms with van der Waals surface area (Å²) in [6, 6.07) is 15.7. The van der Waals surface area contributed by atoms with Gasteiger partial charge in [-0.05, 0) is 29.2 Å². The summed E-state index contributed by atoms with van der Waals surface area (Å²) < 4.78 is 38.4. The Morgan fingerprint density at radius 1 is 1.00 bits per heavy atom. The molecule has 0 fully saturated rings. The van der Waals surface area contributed by atoms with Crippen LogP contribution in [-0.4, -0.2) is 24.6 Å². The van der Waals surface area contributed by atoms with Crippen LogP contribution in [0.25, 0.3) is 11.1 Å². The van der Waals surface area contributed by atoms with Gasteiger partial charge in [0.15, 0.2) is 5.75 Å². The van der Waals surface area contributed by atoms with E-state index in [0.29, 0.717) is 6.07 Å². The number of benzene rings is 3. The van der Waals surface area contributed by atoms with Crippen molar-refractivity contribution >= 4 is 11.9 Å². The third kappa shape index (κ3) is 3.92. The molecule has 3 aromatic rings. The average Bonchev–Trinajstić information content (AvgIpc) is 3.05. The highest BCUT2D eigenvalue weighted by Gasteiger charge is 2.30. The van der Waals surface area contributed by atoms with Gasteiger partial charge in [0.25, 0.3) is 0 Å². The molecule has 4 rings (SSSR count). The molecule has 0 bridgehead atoms. The van der Waals surface area contributed by atoms with Crippen LogP contribution in [0.5, 0.6) is 5.75 Å². The molecule has 2 N–H and O–H groups in total. The minimum absolute atomic E-state index is 0.0651. The summed E-state index contributed by atoms with van der Waals surface area (Å²) in [6.07, 6.45) is 0. The normalized spacial score (nSPS) is 13.3. The van der Waals surface area contributed by atoms with E-state index in [0.717, 1.165) is 28.3 Å². The summed E-state index contributed by atoms with van der Waals surface area (Å²) in [4.78, 5) is 24.5. The quantitative estimate of drug-likeness (QED) is 0.492. The standard InChI is InChI=1S/C24H19F2NO4/c1-13(27)23(28)31-21-11-14(25)10-20(26)22(21)24(29)30-12-19-17-8-4-2-6-15(17)16-7-3-5-9-18(16)19/h2-11,13,19H,12,27H2,1H3/t13-/m0/s1. The fourth-order valence-corrected chi connectivity index (χ4v) is 3.70. The summed E-state index contributed by atoms with van der Waals surface area (Å²) in [6.45, 7) is 1.29. The number of carbonyl (C=O) groups is 2. The molecular formula is C24H19F2NO4. The fraction of sp³-hybridized carbons (Fsp3) is 0.167. The highest BCUT2D eigenvalue weighted by molar-refractivity contribution is 5.94. The SMILES string of the molecule is C[C@H](N)C(=O)Oc1cc(F)cc(F)c1C(=O)OCC1c2ccccc2-c2ccccc21. The van der Waals surface area contributed by atoms with Crippen molar-refractivity contribution in [1.82, 2.24) is 0 Å². The number of fused-ring (bicyclic) bond motifs is 3. The predicted octanol–water partition coefficient (Wildman–Crippen LogP) is 4.19. The van der Waals surface area contributed by atoms with E-state index in [-0.39, 0.29) is 12.5 Å². The van der Waals surface area contributed by atoms with Gasteiger partial charge in [-0.3, -0.25) is 0 Å². The van der Waals surface area contributed by atoms with Crippen molar-refractivity contribution in [2.75, 3.05) is 6.61 Å². The minimum atomic E-state index is -1.19. The van der Waals surface area contributed by atoms with Gasteiger partial charge in [0.1, 0.15) is 29.8 Å². The highest BCUT2D eigenvalue weighted by atomic mass is 19.1. The van der Waals surface area contributed by atoms with Crippen LogP contribution in [0.4, 0.5) is 8.78 Å². The van der Waals surface area contributed by atoms with Crippen molar-refractivity contribution in [3.05, 3.63) is 89.0 Å². The molecule has 0 aliphatic heterocycles. The number of ether oxygens (including phenoxy) is 2. The Hall–Kier alpha value is -3.58. The maximum atomic E-state index is 14.4. The molecular weight excluding hydrogens is 404 g/mol. The Bertz CT molecular complexity index is 1130. The maximum absolute atomic E-state index is 14.4. The first-order chi connectivity index (χ1) is 14.9. The molecule has 0 saturated heterocycles. The van der Waals surface area contributed by atoms with Crippen LogP contribution < -0.4 is 10.5 Å². The van der Waals surface area contributed by atoms with Crippen molar-refractivity contribution in [2.24, 2.45) is 5.73 Å². The number of carbonyl (C=O) groups excluding carboxylic acids is 2. The summed E-state index contributed by atoms with van der Waals surface area (Å²) in [5, 5.41) is 0. The molecule has 0 spiro atoms. The second-order valence-electron chi connectivity index (χ2n) is 7.30. The number of hydrogen-bond acceptors (Lipinski definition) is 5. The smallest absolute Gasteiger partial charge is 0.345 e. The van der Waals surface area contributed by atoms with E-state index >= 15 is 0 Å². The van der Waals surface area contributed by atoms with Gasteiger partial charge >= 0.3 is 11.9 Å². The van der Waals surface area contributed by atoms with E-state index in [9.17, 15) is 18.4 Å². The first-order valence-corrected chi connectivity index (χ1v) is 9.68. The molecule has 0 radical (unpaired) electrons. The predicted molar refractivity (Wildman–Crippen MR) is 110 cm³/mol. The van der Waals surface area contributed by atoms with E-state index in [1.165, 1.54) is 6.92 Å². The molecule has 7 heteroatoms. The van der Waals surface area contributed by atoms with Gasteiger partial charge in [-0.15, -0.1) is 0 Å². The minimum Gasteiger partial charge on any atom is -0.461 e. The molecule has 3 aromatic carbocycles. The molecule has 1 atom stereocenters. The monoisotopic (exact) mass is 423 g/mol. The van der Waals surface area contributed by atoms with Crippen LogP contribution in [0, 0.1) is 11.6 Å². The lowest BCUT2D eigenvalue weighted by atomic mass is 9.98. The molecule has 0 heterocycles. The lowest BCUT2D eigenvalue weighted by molar-refractivity contribution is -0.135. The van der Waals surface area contributed by atoms with Gasteiger partial charge in [0.2, 0.25) is 0 Å². The molecule has 1 aliphatic rings. The Morgan fingerprint density at radius 3 is 2.16 bits per heavy atom. The van der Waals surface area contributed by atoms with Gasteiger partial charge < -0.3 is 15.2 Å². The maximum Gasteiger partial charge on any atom is 0.345 e. The second-order valence-corrected chi connectivity index (χ2v) is 7.30. The molecule has 0 amide bonds. The van der Waals surface area contributed by atoms with Crippen LogP contribution in [0.15, 0.2) is 60.7 Å². The number of nitrogens with two attached hydrogens (primary N) is 1. The lowest BCUT2D eigenvalue weighted by Crippen LogP contribution is -2.31. The second kappa shape index (κ2) is 8.28. The first-order valence-electron chi connectivity index (χ1n) is 9.68. The van der Waals surface area contributed by atoms with Gasteiger partial charge in [-0.25, -0.2) is 18.4 Å². The van der Waals surface area contributed by atoms with Crippen LogP contribution in [0.3, 0.4) is 0 Å². The molecule has 0 saturated carbocycles. The number of hydrogen-bond donors (Lipinski definition) is 1. The summed E-state index contributed by atoms with van der Waals surface area (Å²) >= 11 is 0. The molecule has 31 heavy (non-hydrogen) atoms. The number of rotatable bonds is 5. The third-order valence-corrected chi connectivity index (χ3v) is 5.15. The topological polar surface area (TPSA) is 78.6 Å². The van der Waals surface area contributed by atoms with Gasteiger partial charge in [-0.2, -0.15) is 0 Å². The Kier molecular flexibility index (Phi) is 5.52. The molecule has 0 aromatic heterocycles. The number of esters is 2. The summed E-state index contributed by atoms with van der Waals surface area (Å²) in [7, 11) is 0. The summed E-state index contributed by atoms with van der Waals surface area (Å²) in [5.41, 5.74) is 8.83. The first kappa shape index (κ1) is 20.7. The molecule has 158 valence electrons. The van der Waals surface area contributed by atoms with Crippen molar-refractivity contribution in [1.29, 1.82) is 0 Å². The third-order valence-electron chi connectivity index (χ3n) is 5.15. The molecule has 1 aliphatic carbocycles. The number of halogens is 2. The highest BCUT2D eigenvalue weighted by Crippen LogP contribution is 2.44. The van der Waals surface area contributed by atoms with E-state index in [2.05, 4.69) is 0 Å². The lowest BCUT2D eigenvalue weighted by Gasteiger charge is -2.16. The van der Waals surface area contributed by atoms with Crippen molar-refractivity contribution < 1.29 is 27.8 Å². The molecule has 5 nitrogen and oxygen atoms in total. The van der Waals surface area contributed by atoms with Crippen LogP contribution in [-0.2, 0) is 9.53 Å². The largest absolute Gasteiger partial charge is 0.461 e. The average molecular weight is 423 g/mol. The van der Waals surface area contributed by atoms with Gasteiger partial charge in [0.05, 0.1) is 0 Å². The van der Waals surface area contributed by atoms with E-state index in [1.807, 2.05) is 48.5 Å². The van der Waals surface area contributed by atoms with Gasteiger partial charge in [0, 0.05) is 18.1 Å². The fourth-order valence-electron chi connectivity index (χ4n) is 3.70. The zero-order valence-corrected chi connectivity index (χ0v) is 16.6. The van der Waals surface area contributed by atoms with Crippen molar-refractivity contribution in [3.8, 4) is 16.9 Å². The Balaban J connectivity index is 1.61. The zero-order chi connectivity index (χ0) is 22.1.